The first kappa shape index (κ1) is 32.2. The number of benzene rings is 2. The fourth-order valence-electron chi connectivity index (χ4n) is 3.86. The first-order chi connectivity index (χ1) is 16.5. The molecular weight excluding hydrogens is 471 g/mol. The van der Waals surface area contributed by atoms with Gasteiger partial charge in [-0.25, -0.2) is 43.9 Å². The molecule has 0 bridgehead atoms. The maximum atomic E-state index is 11.1. The molecule has 0 N–H and O–H groups in total. The molecule has 0 fully saturated rings. The summed E-state index contributed by atoms with van der Waals surface area (Å²) >= 11 is 0. The van der Waals surface area contributed by atoms with Gasteiger partial charge in [0, 0.05) is 22.8 Å². The minimum Gasteiger partial charge on any atom is -0.493 e. The Hall–Kier alpha value is -2.77. The first-order valence-corrected chi connectivity index (χ1v) is 12.4. The van der Waals surface area contributed by atoms with E-state index < -0.39 is 0 Å². The number of unbranched alkanes of at least 4 members (excludes halogenated alkanes) is 2. The summed E-state index contributed by atoms with van der Waals surface area (Å²) in [6.45, 7) is 19.6. The van der Waals surface area contributed by atoms with E-state index in [4.69, 9.17) is 0 Å². The van der Waals surface area contributed by atoms with Crippen LogP contribution in [-0.4, -0.2) is 4.70 Å². The molecule has 0 unspecified atom stereocenters. The van der Waals surface area contributed by atoms with Gasteiger partial charge in [-0.1, -0.05) is 57.9 Å². The topological polar surface area (TPSA) is 25.3 Å². The molecule has 2 aromatic rings. The largest absolute Gasteiger partial charge is 2.00 e. The summed E-state index contributed by atoms with van der Waals surface area (Å²) < 4.78 is 1.40. The summed E-state index contributed by atoms with van der Waals surface area (Å²) in [6.07, 6.45) is 13.0. The van der Waals surface area contributed by atoms with E-state index in [-0.39, 0.29) is 16.5 Å². The molecule has 0 saturated carbocycles. The van der Waals surface area contributed by atoms with Crippen molar-refractivity contribution in [2.24, 2.45) is 0 Å². The van der Waals surface area contributed by atoms with Crippen LogP contribution in [0.25, 0.3) is 16.9 Å². The van der Waals surface area contributed by atoms with Crippen molar-refractivity contribution in [3.63, 3.8) is 0 Å². The van der Waals surface area contributed by atoms with Crippen molar-refractivity contribution in [1.82, 2.24) is 0 Å². The molecule has 35 heavy (non-hydrogen) atoms. The molecule has 190 valence electrons. The summed E-state index contributed by atoms with van der Waals surface area (Å²) in [4.78, 5) is 0. The molecular formula is C32H42N2Ni. The third kappa shape index (κ3) is 10.2. The maximum Gasteiger partial charge on any atom is 2.00 e. The number of allylic oxidation sites excluding steroid dienone is 4. The molecule has 1 aliphatic heterocycles. The smallest absolute Gasteiger partial charge is 0.493 e. The average molecular weight is 513 g/mol. The van der Waals surface area contributed by atoms with Crippen LogP contribution >= 0.6 is 0 Å². The number of rotatable bonds is 9. The Morgan fingerprint density at radius 1 is 0.829 bits per heavy atom. The molecule has 1 heterocycles. The van der Waals surface area contributed by atoms with Crippen LogP contribution in [0.1, 0.15) is 75.1 Å². The maximum absolute atomic E-state index is 11.1. The fraction of sp³-hybridized carbons (Fsp3) is 0.312. The van der Waals surface area contributed by atoms with Crippen LogP contribution in [0, 0.1) is 13.8 Å². The summed E-state index contributed by atoms with van der Waals surface area (Å²) in [7, 11) is 0. The predicted molar refractivity (Wildman–Crippen MR) is 150 cm³/mol. The first-order valence-electron chi connectivity index (χ1n) is 12.4. The Morgan fingerprint density at radius 2 is 1.29 bits per heavy atom. The van der Waals surface area contributed by atoms with Crippen LogP contribution < -0.4 is 0 Å². The Labute approximate surface area is 225 Å². The van der Waals surface area contributed by atoms with E-state index in [1.165, 1.54) is 59.2 Å². The fourth-order valence-corrected chi connectivity index (χ4v) is 3.86. The van der Waals surface area contributed by atoms with Gasteiger partial charge in [0.2, 0.25) is 11.4 Å². The van der Waals surface area contributed by atoms with E-state index in [9.17, 15) is 5.53 Å². The van der Waals surface area contributed by atoms with Crippen LogP contribution in [0.15, 0.2) is 85.5 Å². The van der Waals surface area contributed by atoms with Crippen LogP contribution in [-0.2, 0) is 29.3 Å². The van der Waals surface area contributed by atoms with E-state index >= 15 is 0 Å². The summed E-state index contributed by atoms with van der Waals surface area (Å²) in [5, 5.41) is 0. The van der Waals surface area contributed by atoms with Crippen molar-refractivity contribution in [2.45, 2.75) is 65.7 Å². The van der Waals surface area contributed by atoms with Gasteiger partial charge in [0.05, 0.1) is 0 Å². The zero-order chi connectivity index (χ0) is 25.3. The van der Waals surface area contributed by atoms with Crippen molar-refractivity contribution < 1.29 is 21.2 Å². The van der Waals surface area contributed by atoms with Crippen molar-refractivity contribution in [2.75, 3.05) is 0 Å². The van der Waals surface area contributed by atoms with E-state index in [1.807, 2.05) is 0 Å². The Balaban J connectivity index is 0.00000150. The number of hydrogen-bond acceptors (Lipinski definition) is 0. The second-order valence-electron chi connectivity index (χ2n) is 8.25. The number of hydrogen-bond donors (Lipinski definition) is 0. The van der Waals surface area contributed by atoms with Gasteiger partial charge in [0.15, 0.2) is 0 Å². The zero-order valence-electron chi connectivity index (χ0n) is 21.8. The second kappa shape index (κ2) is 18.5. The molecule has 0 radical (unpaired) electrons. The van der Waals surface area contributed by atoms with Gasteiger partial charge in [0.1, 0.15) is 0 Å². The van der Waals surface area contributed by atoms with Gasteiger partial charge in [-0.05, 0) is 67.5 Å². The van der Waals surface area contributed by atoms with Gasteiger partial charge in [-0.15, -0.1) is 0 Å². The standard InChI is InChI=1S/C26H32N2.2C3H5.Ni/c1-4-7-11-20-13-9-15-23(17-20)25-19-22(6-3)26(28(25)27)24-16-10-14-21(18-24)12-8-5-2;2*1-3-2;/h9-10,13-19H,4-8,11-12H2,1-3H3;2*3H,1-2H2;/q;2*-1;+2. The van der Waals surface area contributed by atoms with E-state index in [1.54, 1.807) is 0 Å². The predicted octanol–water partition coefficient (Wildman–Crippen LogP) is 9.59. The molecule has 3 heteroatoms. The van der Waals surface area contributed by atoms with Crippen molar-refractivity contribution in [1.29, 1.82) is 0 Å². The van der Waals surface area contributed by atoms with Gasteiger partial charge < -0.3 is 5.53 Å². The normalized spacial score (nSPS) is 11.9. The molecule has 0 aliphatic carbocycles. The Kier molecular flexibility index (Phi) is 17.1. The second-order valence-corrected chi connectivity index (χ2v) is 8.25. The molecule has 3 rings (SSSR count). The molecule has 2 aromatic carbocycles. The average Bonchev–Trinajstić information content (AvgIpc) is 3.19. The number of aryl methyl sites for hydroxylation is 2. The number of nitrogens with zero attached hydrogens (tertiary/aromatic N) is 2. The van der Waals surface area contributed by atoms with E-state index in [2.05, 4.69) is 102 Å². The van der Waals surface area contributed by atoms with Crippen LogP contribution in [0.5, 0.6) is 0 Å². The molecule has 0 aromatic heterocycles. The third-order valence-corrected chi connectivity index (χ3v) is 5.50. The SMILES string of the molecule is C=C[CH2-].C=C[CH2-].CCCCc1cccc(C2=CC(CC)=C(c3cccc(CCCC)c3)[N+]2=[N-])c1.[Ni+2]. The molecule has 0 amide bonds. The van der Waals surface area contributed by atoms with E-state index in [0.717, 1.165) is 41.8 Å². The van der Waals surface area contributed by atoms with Gasteiger partial charge >= 0.3 is 16.5 Å². The minimum absolute atomic E-state index is 0. The Bertz CT molecular complexity index is 992. The van der Waals surface area contributed by atoms with Crippen molar-refractivity contribution >= 4 is 11.4 Å². The van der Waals surface area contributed by atoms with Crippen LogP contribution in [0.3, 0.4) is 0 Å². The molecule has 1 aliphatic rings. The molecule has 0 atom stereocenters. The van der Waals surface area contributed by atoms with Gasteiger partial charge in [0.25, 0.3) is 0 Å². The van der Waals surface area contributed by atoms with Gasteiger partial charge in [-0.2, -0.15) is 0 Å². The monoisotopic (exact) mass is 512 g/mol. The molecule has 0 saturated heterocycles. The summed E-state index contributed by atoms with van der Waals surface area (Å²) in [6, 6.07) is 17.2. The third-order valence-electron chi connectivity index (χ3n) is 5.50. The molecule has 0 spiro atoms. The summed E-state index contributed by atoms with van der Waals surface area (Å²) in [5.41, 5.74) is 18.9. The minimum atomic E-state index is 0. The molecule has 2 nitrogen and oxygen atoms in total. The Morgan fingerprint density at radius 3 is 1.74 bits per heavy atom. The van der Waals surface area contributed by atoms with E-state index in [0.29, 0.717) is 0 Å². The van der Waals surface area contributed by atoms with Crippen molar-refractivity contribution in [3.8, 4) is 0 Å². The quantitative estimate of drug-likeness (QED) is 0.181. The van der Waals surface area contributed by atoms with Crippen molar-refractivity contribution in [3.05, 3.63) is 127 Å². The van der Waals surface area contributed by atoms with Crippen LogP contribution in [0.2, 0.25) is 0 Å². The summed E-state index contributed by atoms with van der Waals surface area (Å²) in [5.74, 6) is 0. The zero-order valence-corrected chi connectivity index (χ0v) is 22.8. The van der Waals surface area contributed by atoms with Crippen LogP contribution in [0.4, 0.5) is 0 Å². The van der Waals surface area contributed by atoms with Gasteiger partial charge in [-0.3, -0.25) is 0 Å².